The molecule has 3 heterocycles. The van der Waals surface area contributed by atoms with Gasteiger partial charge in [0, 0.05) is 43.2 Å². The average Bonchev–Trinajstić information content (AvgIpc) is 3.51. The van der Waals surface area contributed by atoms with Gasteiger partial charge in [0.05, 0.1) is 5.25 Å². The van der Waals surface area contributed by atoms with Crippen LogP contribution in [0, 0.1) is 5.92 Å². The van der Waals surface area contributed by atoms with E-state index >= 15 is 0 Å². The normalized spacial score (nSPS) is 18.4. The molecular weight excluding hydrogens is 440 g/mol. The van der Waals surface area contributed by atoms with Crippen LogP contribution in [0.5, 0.6) is 0 Å². The van der Waals surface area contributed by atoms with Gasteiger partial charge in [-0.05, 0) is 36.3 Å². The lowest BCUT2D eigenvalue weighted by Crippen LogP contribution is -2.39. The molecule has 9 nitrogen and oxygen atoms in total. The lowest BCUT2D eigenvalue weighted by molar-refractivity contribution is 0.392. The first-order valence-corrected chi connectivity index (χ1v) is 13.3. The number of piperidine rings is 1. The zero-order valence-corrected chi connectivity index (χ0v) is 19.4. The summed E-state index contributed by atoms with van der Waals surface area (Å²) in [5.41, 5.74) is 8.67. The van der Waals surface area contributed by atoms with Crippen molar-refractivity contribution in [3.8, 4) is 11.1 Å². The maximum atomic E-state index is 11.8. The van der Waals surface area contributed by atoms with Gasteiger partial charge >= 0.3 is 6.01 Å². The van der Waals surface area contributed by atoms with Gasteiger partial charge in [0.25, 0.3) is 0 Å². The van der Waals surface area contributed by atoms with E-state index in [9.17, 15) is 8.42 Å². The molecule has 2 fully saturated rings. The van der Waals surface area contributed by atoms with Gasteiger partial charge in [0.15, 0.2) is 5.82 Å². The van der Waals surface area contributed by atoms with Crippen LogP contribution in [0.2, 0.25) is 0 Å². The van der Waals surface area contributed by atoms with Crippen LogP contribution in [-0.4, -0.2) is 53.1 Å². The van der Waals surface area contributed by atoms with Gasteiger partial charge < -0.3 is 15.2 Å². The number of hydrogen-bond donors (Lipinski definition) is 1. The standard InChI is InChI=1S/C23H28N6O3S/c1-33(30,31)19-8-10-29(11-9-19)23-27-21(28-32-23)20(12-15-2-3-15)17-6-4-16(5-7-17)18-13-25-22(24)26-14-18/h4-7,13-15,19-20H,2-3,8-12H2,1H3,(H2,24,25,26). The van der Waals surface area contributed by atoms with E-state index in [1.54, 1.807) is 12.4 Å². The summed E-state index contributed by atoms with van der Waals surface area (Å²) in [4.78, 5) is 14.9. The number of nitrogen functional groups attached to an aromatic ring is 1. The van der Waals surface area contributed by atoms with E-state index in [4.69, 9.17) is 15.2 Å². The first-order valence-electron chi connectivity index (χ1n) is 11.3. The summed E-state index contributed by atoms with van der Waals surface area (Å²) >= 11 is 0. The van der Waals surface area contributed by atoms with Gasteiger partial charge in [-0.25, -0.2) is 18.4 Å². The van der Waals surface area contributed by atoms with Crippen molar-refractivity contribution in [1.82, 2.24) is 20.1 Å². The van der Waals surface area contributed by atoms with E-state index in [2.05, 4.69) is 39.4 Å². The van der Waals surface area contributed by atoms with E-state index in [-0.39, 0.29) is 17.1 Å². The highest BCUT2D eigenvalue weighted by atomic mass is 32.2. The second kappa shape index (κ2) is 8.74. The van der Waals surface area contributed by atoms with Crippen LogP contribution in [0.4, 0.5) is 12.0 Å². The van der Waals surface area contributed by atoms with E-state index < -0.39 is 9.84 Å². The summed E-state index contributed by atoms with van der Waals surface area (Å²) in [6.07, 6.45) is 9.37. The number of anilines is 2. The van der Waals surface area contributed by atoms with E-state index in [0.717, 1.165) is 23.1 Å². The molecule has 1 atom stereocenters. The van der Waals surface area contributed by atoms with Crippen molar-refractivity contribution in [3.05, 3.63) is 48.0 Å². The van der Waals surface area contributed by atoms with Crippen molar-refractivity contribution < 1.29 is 12.9 Å². The lowest BCUT2D eigenvalue weighted by atomic mass is 9.91. The fraction of sp³-hybridized carbons (Fsp3) is 0.478. The number of sulfone groups is 1. The minimum atomic E-state index is -3.02. The van der Waals surface area contributed by atoms with Gasteiger partial charge in [-0.2, -0.15) is 4.98 Å². The van der Waals surface area contributed by atoms with Gasteiger partial charge in [-0.3, -0.25) is 0 Å². The molecule has 174 valence electrons. The molecule has 1 aliphatic heterocycles. The summed E-state index contributed by atoms with van der Waals surface area (Å²) < 4.78 is 29.3. The predicted molar refractivity (Wildman–Crippen MR) is 125 cm³/mol. The Morgan fingerprint density at radius 1 is 1.06 bits per heavy atom. The third kappa shape index (κ3) is 5.00. The van der Waals surface area contributed by atoms with Gasteiger partial charge in [-0.15, -0.1) is 0 Å². The van der Waals surface area contributed by atoms with Gasteiger partial charge in [-0.1, -0.05) is 42.3 Å². The van der Waals surface area contributed by atoms with Crippen molar-refractivity contribution in [2.45, 2.75) is 43.3 Å². The fourth-order valence-electron chi connectivity index (χ4n) is 4.44. The molecule has 33 heavy (non-hydrogen) atoms. The van der Waals surface area contributed by atoms with E-state index in [0.29, 0.717) is 43.7 Å². The van der Waals surface area contributed by atoms with Crippen LogP contribution in [0.15, 0.2) is 41.2 Å². The molecule has 5 rings (SSSR count). The topological polar surface area (TPSA) is 128 Å². The quantitative estimate of drug-likeness (QED) is 0.556. The summed E-state index contributed by atoms with van der Waals surface area (Å²) in [6.45, 7) is 1.20. The minimum absolute atomic E-state index is 0.0558. The Balaban J connectivity index is 1.34. The summed E-state index contributed by atoms with van der Waals surface area (Å²) in [5, 5.41) is 4.04. The Bertz CT molecular complexity index is 1200. The Morgan fingerprint density at radius 2 is 1.73 bits per heavy atom. The number of aromatic nitrogens is 4. The Labute approximate surface area is 193 Å². The Kier molecular flexibility index (Phi) is 5.77. The Morgan fingerprint density at radius 3 is 2.33 bits per heavy atom. The van der Waals surface area contributed by atoms with Crippen LogP contribution in [0.1, 0.15) is 49.4 Å². The first kappa shape index (κ1) is 21.8. The summed E-state index contributed by atoms with van der Waals surface area (Å²) in [5.74, 6) is 1.69. The van der Waals surface area contributed by atoms with Gasteiger partial charge in [0.2, 0.25) is 5.95 Å². The lowest BCUT2D eigenvalue weighted by Gasteiger charge is -2.29. The van der Waals surface area contributed by atoms with E-state index in [1.165, 1.54) is 19.1 Å². The van der Waals surface area contributed by atoms with Crippen LogP contribution >= 0.6 is 0 Å². The molecular formula is C23H28N6O3S. The maximum absolute atomic E-state index is 11.8. The van der Waals surface area contributed by atoms with Crippen LogP contribution < -0.4 is 10.6 Å². The number of rotatable bonds is 7. The zero-order valence-electron chi connectivity index (χ0n) is 18.6. The van der Waals surface area contributed by atoms with Crippen LogP contribution in [0.3, 0.4) is 0 Å². The molecule has 1 saturated heterocycles. The largest absolute Gasteiger partial charge is 0.368 e. The summed E-state index contributed by atoms with van der Waals surface area (Å²) in [7, 11) is -3.02. The molecule has 0 amide bonds. The third-order valence-corrected chi connectivity index (χ3v) is 8.33. The van der Waals surface area contributed by atoms with Gasteiger partial charge in [0.1, 0.15) is 9.84 Å². The second-order valence-electron chi connectivity index (χ2n) is 9.13. The molecule has 10 heteroatoms. The van der Waals surface area contributed by atoms with Crippen molar-refractivity contribution in [2.75, 3.05) is 30.0 Å². The van der Waals surface area contributed by atoms with Crippen molar-refractivity contribution in [1.29, 1.82) is 0 Å². The molecule has 0 bridgehead atoms. The Hall–Kier alpha value is -3.01. The number of nitrogens with zero attached hydrogens (tertiary/aromatic N) is 5. The zero-order chi connectivity index (χ0) is 23.0. The monoisotopic (exact) mass is 468 g/mol. The number of hydrogen-bond acceptors (Lipinski definition) is 9. The molecule has 0 radical (unpaired) electrons. The number of benzene rings is 1. The highest BCUT2D eigenvalue weighted by Crippen LogP contribution is 2.41. The molecule has 1 aromatic carbocycles. The van der Waals surface area contributed by atoms with Crippen molar-refractivity contribution in [2.24, 2.45) is 5.92 Å². The highest BCUT2D eigenvalue weighted by molar-refractivity contribution is 7.91. The van der Waals surface area contributed by atoms with E-state index in [1.807, 2.05) is 4.90 Å². The van der Waals surface area contributed by atoms with Crippen LogP contribution in [0.25, 0.3) is 11.1 Å². The molecule has 2 N–H and O–H groups in total. The summed E-state index contributed by atoms with van der Waals surface area (Å²) in [6, 6.07) is 8.80. The van der Waals surface area contributed by atoms with Crippen molar-refractivity contribution >= 4 is 21.8 Å². The molecule has 1 unspecified atom stereocenters. The van der Waals surface area contributed by atoms with Crippen molar-refractivity contribution in [3.63, 3.8) is 0 Å². The van der Waals surface area contributed by atoms with Crippen LogP contribution in [-0.2, 0) is 9.84 Å². The first-order chi connectivity index (χ1) is 15.9. The minimum Gasteiger partial charge on any atom is -0.368 e. The molecule has 2 aliphatic rings. The number of nitrogens with two attached hydrogens (primary N) is 1. The highest BCUT2D eigenvalue weighted by Gasteiger charge is 2.32. The molecule has 1 saturated carbocycles. The molecule has 3 aromatic rings. The molecule has 2 aromatic heterocycles. The smallest absolute Gasteiger partial charge is 0.324 e. The molecule has 0 spiro atoms. The fourth-order valence-corrected chi connectivity index (χ4v) is 5.51. The molecule has 1 aliphatic carbocycles. The average molecular weight is 469 g/mol. The second-order valence-corrected chi connectivity index (χ2v) is 11.5. The SMILES string of the molecule is CS(=O)(=O)C1CCN(c2nc(C(CC3CC3)c3ccc(-c4cnc(N)nc4)cc3)no2)CC1. The predicted octanol–water partition coefficient (Wildman–Crippen LogP) is 3.05. The third-order valence-electron chi connectivity index (χ3n) is 6.64. The maximum Gasteiger partial charge on any atom is 0.324 e.